The molecular formula is C15H13IN2O3. The van der Waals surface area contributed by atoms with Crippen LogP contribution in [0.4, 0.5) is 16.2 Å². The molecule has 0 atom stereocenters. The number of hydrogen-bond acceptors (Lipinski definition) is 2. The number of benzene rings is 2. The molecule has 0 radical (unpaired) electrons. The first-order chi connectivity index (χ1) is 10.1. The van der Waals surface area contributed by atoms with Crippen molar-refractivity contribution < 1.29 is 14.7 Å². The largest absolute Gasteiger partial charge is 0.480 e. The molecule has 0 saturated carbocycles. The highest BCUT2D eigenvalue weighted by Crippen LogP contribution is 2.17. The van der Waals surface area contributed by atoms with Crippen LogP contribution >= 0.6 is 22.6 Å². The molecule has 21 heavy (non-hydrogen) atoms. The Morgan fingerprint density at radius 1 is 1.10 bits per heavy atom. The molecule has 0 unspecified atom stereocenters. The lowest BCUT2D eigenvalue weighted by Gasteiger charge is -2.21. The average molecular weight is 396 g/mol. The molecule has 0 bridgehead atoms. The van der Waals surface area contributed by atoms with Gasteiger partial charge in [0.2, 0.25) is 0 Å². The number of para-hydroxylation sites is 1. The first kappa shape index (κ1) is 15.3. The van der Waals surface area contributed by atoms with E-state index in [1.54, 1.807) is 36.4 Å². The van der Waals surface area contributed by atoms with Gasteiger partial charge in [0, 0.05) is 14.9 Å². The van der Waals surface area contributed by atoms with E-state index >= 15 is 0 Å². The molecule has 0 spiro atoms. The molecule has 2 N–H and O–H groups in total. The van der Waals surface area contributed by atoms with Crippen LogP contribution < -0.4 is 10.2 Å². The van der Waals surface area contributed by atoms with Crippen molar-refractivity contribution >= 4 is 46.0 Å². The summed E-state index contributed by atoms with van der Waals surface area (Å²) in [5, 5.41) is 11.7. The minimum absolute atomic E-state index is 0.403. The molecule has 2 aromatic carbocycles. The summed E-state index contributed by atoms with van der Waals surface area (Å²) in [6.45, 7) is -0.403. The molecule has 0 aliphatic carbocycles. The molecule has 0 aliphatic heterocycles. The van der Waals surface area contributed by atoms with Gasteiger partial charge in [0.25, 0.3) is 0 Å². The third kappa shape index (κ3) is 4.45. The number of urea groups is 1. The highest BCUT2D eigenvalue weighted by Gasteiger charge is 2.18. The van der Waals surface area contributed by atoms with Crippen LogP contribution in [0.1, 0.15) is 0 Å². The van der Waals surface area contributed by atoms with Gasteiger partial charge in [0.05, 0.1) is 0 Å². The maximum absolute atomic E-state index is 12.3. The summed E-state index contributed by atoms with van der Waals surface area (Å²) < 4.78 is 0.981. The van der Waals surface area contributed by atoms with Gasteiger partial charge < -0.3 is 10.4 Å². The van der Waals surface area contributed by atoms with Crippen LogP contribution in [-0.2, 0) is 4.79 Å². The second-order valence-corrected chi connectivity index (χ2v) is 5.50. The minimum atomic E-state index is -1.07. The number of carboxylic acid groups (broad SMARTS) is 1. The van der Waals surface area contributed by atoms with Crippen LogP contribution in [0, 0.1) is 3.57 Å². The van der Waals surface area contributed by atoms with Crippen molar-refractivity contribution in [2.24, 2.45) is 0 Å². The van der Waals surface area contributed by atoms with E-state index in [1.807, 2.05) is 18.2 Å². The third-order valence-corrected chi connectivity index (χ3v) is 3.35. The molecule has 0 aliphatic rings. The number of nitrogens with zero attached hydrogens (tertiary/aromatic N) is 1. The standard InChI is InChI=1S/C15H13IN2O3/c16-11-5-4-6-12(9-11)17-15(21)18(10-14(19)20)13-7-2-1-3-8-13/h1-9H,10H2,(H,17,21)(H,19,20). The number of hydrogen-bond donors (Lipinski definition) is 2. The van der Waals surface area contributed by atoms with Gasteiger partial charge in [-0.1, -0.05) is 24.3 Å². The predicted molar refractivity (Wildman–Crippen MR) is 89.6 cm³/mol. The number of halogens is 1. The Hall–Kier alpha value is -2.09. The first-order valence-electron chi connectivity index (χ1n) is 6.17. The van der Waals surface area contributed by atoms with Crippen molar-refractivity contribution in [3.63, 3.8) is 0 Å². The second-order valence-electron chi connectivity index (χ2n) is 4.26. The van der Waals surface area contributed by atoms with E-state index in [4.69, 9.17) is 5.11 Å². The van der Waals surface area contributed by atoms with Gasteiger partial charge in [-0.2, -0.15) is 0 Å². The van der Waals surface area contributed by atoms with Crippen LogP contribution in [0.3, 0.4) is 0 Å². The summed E-state index contributed by atoms with van der Waals surface area (Å²) in [5.41, 5.74) is 1.15. The Bertz CT molecular complexity index is 646. The number of carboxylic acids is 1. The lowest BCUT2D eigenvalue weighted by Crippen LogP contribution is -2.38. The van der Waals surface area contributed by atoms with Crippen molar-refractivity contribution in [1.82, 2.24) is 0 Å². The molecule has 2 aromatic rings. The number of rotatable bonds is 4. The predicted octanol–water partition coefficient (Wildman–Crippen LogP) is 3.41. The number of anilines is 2. The Balaban J connectivity index is 2.20. The fourth-order valence-corrected chi connectivity index (χ4v) is 2.32. The van der Waals surface area contributed by atoms with Crippen molar-refractivity contribution in [2.75, 3.05) is 16.8 Å². The average Bonchev–Trinajstić information content (AvgIpc) is 2.45. The summed E-state index contributed by atoms with van der Waals surface area (Å²) in [5.74, 6) is -1.07. The molecule has 0 heterocycles. The summed E-state index contributed by atoms with van der Waals surface area (Å²) >= 11 is 2.14. The second kappa shape index (κ2) is 7.07. The zero-order chi connectivity index (χ0) is 15.2. The Labute approximate surface area is 135 Å². The molecule has 0 fully saturated rings. The quantitative estimate of drug-likeness (QED) is 0.779. The maximum Gasteiger partial charge on any atom is 0.326 e. The lowest BCUT2D eigenvalue weighted by molar-refractivity contribution is -0.135. The summed E-state index contributed by atoms with van der Waals surface area (Å²) in [7, 11) is 0. The molecule has 6 heteroatoms. The van der Waals surface area contributed by atoms with Crippen LogP contribution in [-0.4, -0.2) is 23.7 Å². The molecule has 108 valence electrons. The fourth-order valence-electron chi connectivity index (χ4n) is 1.78. The van der Waals surface area contributed by atoms with Crippen LogP contribution in [0.5, 0.6) is 0 Å². The van der Waals surface area contributed by atoms with Crippen molar-refractivity contribution in [3.05, 3.63) is 58.2 Å². The third-order valence-electron chi connectivity index (χ3n) is 2.68. The van der Waals surface area contributed by atoms with Gasteiger partial charge in [-0.25, -0.2) is 4.79 Å². The van der Waals surface area contributed by atoms with Gasteiger partial charge in [-0.05, 0) is 52.9 Å². The van der Waals surface area contributed by atoms with E-state index in [2.05, 4.69) is 27.9 Å². The number of carbonyl (C=O) groups is 2. The van der Waals surface area contributed by atoms with E-state index in [-0.39, 0.29) is 0 Å². The summed E-state index contributed by atoms with van der Waals surface area (Å²) in [6.07, 6.45) is 0. The van der Waals surface area contributed by atoms with Gasteiger partial charge in [0.1, 0.15) is 6.54 Å². The molecule has 2 rings (SSSR count). The number of carbonyl (C=O) groups excluding carboxylic acids is 1. The van der Waals surface area contributed by atoms with E-state index in [0.717, 1.165) is 3.57 Å². The van der Waals surface area contributed by atoms with E-state index in [9.17, 15) is 9.59 Å². The Kier molecular flexibility index (Phi) is 5.15. The number of amides is 2. The monoisotopic (exact) mass is 396 g/mol. The molecule has 0 aromatic heterocycles. The first-order valence-corrected chi connectivity index (χ1v) is 7.25. The highest BCUT2D eigenvalue weighted by atomic mass is 127. The normalized spacial score (nSPS) is 9.95. The zero-order valence-corrected chi connectivity index (χ0v) is 13.1. The number of aliphatic carboxylic acids is 1. The van der Waals surface area contributed by atoms with E-state index in [1.165, 1.54) is 4.90 Å². The SMILES string of the molecule is O=C(O)CN(C(=O)Nc1cccc(I)c1)c1ccccc1. The van der Waals surface area contributed by atoms with Crippen LogP contribution in [0.25, 0.3) is 0 Å². The van der Waals surface area contributed by atoms with Crippen molar-refractivity contribution in [1.29, 1.82) is 0 Å². The smallest absolute Gasteiger partial charge is 0.326 e. The van der Waals surface area contributed by atoms with Gasteiger partial charge in [-0.3, -0.25) is 9.69 Å². The van der Waals surface area contributed by atoms with E-state index in [0.29, 0.717) is 11.4 Å². The Morgan fingerprint density at radius 3 is 2.43 bits per heavy atom. The van der Waals surface area contributed by atoms with Crippen molar-refractivity contribution in [2.45, 2.75) is 0 Å². The maximum atomic E-state index is 12.3. The van der Waals surface area contributed by atoms with Crippen molar-refractivity contribution in [3.8, 4) is 0 Å². The van der Waals surface area contributed by atoms with Crippen LogP contribution in [0.15, 0.2) is 54.6 Å². The van der Waals surface area contributed by atoms with Gasteiger partial charge in [-0.15, -0.1) is 0 Å². The highest BCUT2D eigenvalue weighted by molar-refractivity contribution is 14.1. The molecule has 2 amide bonds. The molecule has 0 saturated heterocycles. The van der Waals surface area contributed by atoms with Gasteiger partial charge in [0.15, 0.2) is 0 Å². The zero-order valence-electron chi connectivity index (χ0n) is 11.0. The Morgan fingerprint density at radius 2 is 1.81 bits per heavy atom. The topological polar surface area (TPSA) is 69.6 Å². The fraction of sp³-hybridized carbons (Fsp3) is 0.0667. The molecular weight excluding hydrogens is 383 g/mol. The number of nitrogens with one attached hydrogen (secondary N) is 1. The summed E-state index contributed by atoms with van der Waals surface area (Å²) in [6, 6.07) is 15.5. The minimum Gasteiger partial charge on any atom is -0.480 e. The lowest BCUT2D eigenvalue weighted by atomic mass is 10.3. The van der Waals surface area contributed by atoms with E-state index < -0.39 is 18.5 Å². The van der Waals surface area contributed by atoms with Gasteiger partial charge >= 0.3 is 12.0 Å². The van der Waals surface area contributed by atoms with Crippen LogP contribution in [0.2, 0.25) is 0 Å². The molecule has 5 nitrogen and oxygen atoms in total. The summed E-state index contributed by atoms with van der Waals surface area (Å²) in [4.78, 5) is 24.5.